The van der Waals surface area contributed by atoms with E-state index in [0.717, 1.165) is 22.8 Å². The van der Waals surface area contributed by atoms with E-state index in [4.69, 9.17) is 23.2 Å². The quantitative estimate of drug-likeness (QED) is 0.728. The highest BCUT2D eigenvalue weighted by molar-refractivity contribution is 7.00. The topological polar surface area (TPSA) is 63.6 Å². The molecule has 3 rings (SSSR count). The highest BCUT2D eigenvalue weighted by atomic mass is 35.5. The molecule has 0 aliphatic heterocycles. The fraction of sp³-hybridized carbons (Fsp3) is 0.0909. The maximum atomic E-state index is 6.20. The molecule has 8 heteroatoms. The third kappa shape index (κ3) is 2.22. The lowest BCUT2D eigenvalue weighted by atomic mass is 10.2. The van der Waals surface area contributed by atoms with E-state index in [1.165, 1.54) is 6.33 Å². The van der Waals surface area contributed by atoms with Crippen LogP contribution in [0.3, 0.4) is 0 Å². The molecule has 2 aromatic heterocycles. The van der Waals surface area contributed by atoms with Crippen molar-refractivity contribution in [2.24, 2.45) is 0 Å². The summed E-state index contributed by atoms with van der Waals surface area (Å²) in [6.07, 6.45) is 1.39. The molecule has 0 amide bonds. The first kappa shape index (κ1) is 12.5. The van der Waals surface area contributed by atoms with Crippen LogP contribution in [-0.2, 0) is 0 Å². The number of hydrogen-bond acceptors (Lipinski definition) is 6. The van der Waals surface area contributed by atoms with Crippen molar-refractivity contribution in [3.8, 4) is 0 Å². The van der Waals surface area contributed by atoms with Crippen LogP contribution < -0.4 is 5.32 Å². The second kappa shape index (κ2) is 4.88. The molecule has 96 valence electrons. The van der Waals surface area contributed by atoms with E-state index in [1.54, 1.807) is 6.07 Å². The Kier molecular flexibility index (Phi) is 3.22. The molecule has 0 fully saturated rings. The lowest BCUT2D eigenvalue weighted by Gasteiger charge is -2.10. The lowest BCUT2D eigenvalue weighted by Crippen LogP contribution is -1.99. The fourth-order valence-electron chi connectivity index (χ4n) is 1.62. The molecule has 0 radical (unpaired) electrons. The third-order valence-corrected chi connectivity index (χ3v) is 3.88. The molecule has 0 aliphatic carbocycles. The standard InChI is InChI=1S/C11H7Cl2N5S/c1-5-10(13)14-4-15-11(5)16-8-6(12)2-3-7-9(8)18-19-17-7/h2-4H,1H3,(H,14,15,16). The summed E-state index contributed by atoms with van der Waals surface area (Å²) in [5.41, 5.74) is 2.92. The molecule has 0 saturated carbocycles. The Morgan fingerprint density at radius 1 is 1.16 bits per heavy atom. The maximum Gasteiger partial charge on any atom is 0.138 e. The molecular formula is C11H7Cl2N5S. The van der Waals surface area contributed by atoms with Gasteiger partial charge in [0.2, 0.25) is 0 Å². The van der Waals surface area contributed by atoms with E-state index < -0.39 is 0 Å². The first-order chi connectivity index (χ1) is 9.16. The Labute approximate surface area is 122 Å². The van der Waals surface area contributed by atoms with Crippen LogP contribution in [0.4, 0.5) is 11.5 Å². The van der Waals surface area contributed by atoms with Crippen molar-refractivity contribution in [2.75, 3.05) is 5.32 Å². The molecule has 19 heavy (non-hydrogen) atoms. The number of benzene rings is 1. The molecule has 0 aliphatic rings. The first-order valence-corrected chi connectivity index (χ1v) is 6.80. The van der Waals surface area contributed by atoms with Crippen LogP contribution in [0.1, 0.15) is 5.56 Å². The summed E-state index contributed by atoms with van der Waals surface area (Å²) in [7, 11) is 0. The maximum absolute atomic E-state index is 6.20. The van der Waals surface area contributed by atoms with Crippen LogP contribution in [0, 0.1) is 6.92 Å². The van der Waals surface area contributed by atoms with Crippen molar-refractivity contribution >= 4 is 57.5 Å². The number of aromatic nitrogens is 4. The Morgan fingerprint density at radius 3 is 2.84 bits per heavy atom. The average Bonchev–Trinajstić information content (AvgIpc) is 2.86. The summed E-state index contributed by atoms with van der Waals surface area (Å²) in [5.74, 6) is 0.599. The zero-order valence-electron chi connectivity index (χ0n) is 9.69. The molecule has 1 aromatic carbocycles. The third-order valence-electron chi connectivity index (χ3n) is 2.64. The van der Waals surface area contributed by atoms with Crippen molar-refractivity contribution in [1.29, 1.82) is 0 Å². The predicted molar refractivity (Wildman–Crippen MR) is 77.5 cm³/mol. The minimum atomic E-state index is 0.400. The van der Waals surface area contributed by atoms with Crippen LogP contribution >= 0.6 is 34.9 Å². The van der Waals surface area contributed by atoms with Crippen molar-refractivity contribution in [3.05, 3.63) is 34.2 Å². The zero-order valence-corrected chi connectivity index (χ0v) is 12.0. The summed E-state index contributed by atoms with van der Waals surface area (Å²) < 4.78 is 8.41. The molecule has 3 aromatic rings. The summed E-state index contributed by atoms with van der Waals surface area (Å²) in [5, 5.41) is 4.10. The molecule has 0 unspecified atom stereocenters. The van der Waals surface area contributed by atoms with Crippen molar-refractivity contribution in [3.63, 3.8) is 0 Å². The number of halogens is 2. The zero-order chi connectivity index (χ0) is 13.4. The number of fused-ring (bicyclic) bond motifs is 1. The van der Waals surface area contributed by atoms with Gasteiger partial charge in [-0.2, -0.15) is 8.75 Å². The first-order valence-electron chi connectivity index (χ1n) is 5.31. The van der Waals surface area contributed by atoms with E-state index in [2.05, 4.69) is 24.0 Å². The van der Waals surface area contributed by atoms with Gasteiger partial charge >= 0.3 is 0 Å². The van der Waals surface area contributed by atoms with E-state index in [9.17, 15) is 0 Å². The van der Waals surface area contributed by atoms with Crippen molar-refractivity contribution < 1.29 is 0 Å². The van der Waals surface area contributed by atoms with Crippen LogP contribution in [0.2, 0.25) is 10.2 Å². The van der Waals surface area contributed by atoms with Gasteiger partial charge in [-0.15, -0.1) is 0 Å². The number of rotatable bonds is 2. The molecule has 0 saturated heterocycles. The van der Waals surface area contributed by atoms with E-state index in [1.807, 2.05) is 13.0 Å². The van der Waals surface area contributed by atoms with Gasteiger partial charge in [0.05, 0.1) is 22.4 Å². The van der Waals surface area contributed by atoms with Gasteiger partial charge in [0.15, 0.2) is 0 Å². The van der Waals surface area contributed by atoms with Crippen LogP contribution in [0.15, 0.2) is 18.5 Å². The van der Waals surface area contributed by atoms with Gasteiger partial charge in [-0.1, -0.05) is 23.2 Å². The second-order valence-corrected chi connectivity index (χ2v) is 5.11. The van der Waals surface area contributed by atoms with E-state index in [0.29, 0.717) is 27.2 Å². The van der Waals surface area contributed by atoms with Gasteiger partial charge in [-0.3, -0.25) is 0 Å². The Balaban J connectivity index is 2.13. The SMILES string of the molecule is Cc1c(Cl)ncnc1Nc1c(Cl)ccc2nsnc12. The van der Waals surface area contributed by atoms with E-state index in [-0.39, 0.29) is 0 Å². The molecule has 1 N–H and O–H groups in total. The number of anilines is 2. The monoisotopic (exact) mass is 311 g/mol. The van der Waals surface area contributed by atoms with Crippen molar-refractivity contribution in [2.45, 2.75) is 6.92 Å². The summed E-state index contributed by atoms with van der Waals surface area (Å²) in [6.45, 7) is 1.83. The van der Waals surface area contributed by atoms with Gasteiger partial charge in [0.25, 0.3) is 0 Å². The molecular weight excluding hydrogens is 305 g/mol. The van der Waals surface area contributed by atoms with Gasteiger partial charge in [-0.05, 0) is 19.1 Å². The van der Waals surface area contributed by atoms with Gasteiger partial charge in [-0.25, -0.2) is 9.97 Å². The largest absolute Gasteiger partial charge is 0.337 e. The fourth-order valence-corrected chi connectivity index (χ4v) is 2.49. The predicted octanol–water partition coefficient (Wildman–Crippen LogP) is 3.84. The summed E-state index contributed by atoms with van der Waals surface area (Å²) in [6, 6.07) is 3.60. The number of nitrogens with one attached hydrogen (secondary N) is 1. The average molecular weight is 312 g/mol. The van der Waals surface area contributed by atoms with Crippen LogP contribution in [-0.4, -0.2) is 18.7 Å². The normalized spacial score (nSPS) is 10.9. The number of nitrogens with zero attached hydrogens (tertiary/aromatic N) is 4. The Hall–Kier alpha value is -1.50. The van der Waals surface area contributed by atoms with Gasteiger partial charge in [0, 0.05) is 5.56 Å². The van der Waals surface area contributed by atoms with Gasteiger partial charge < -0.3 is 5.32 Å². The highest BCUT2D eigenvalue weighted by Crippen LogP contribution is 2.33. The van der Waals surface area contributed by atoms with E-state index >= 15 is 0 Å². The van der Waals surface area contributed by atoms with Crippen LogP contribution in [0.5, 0.6) is 0 Å². The smallest absolute Gasteiger partial charge is 0.138 e. The van der Waals surface area contributed by atoms with Gasteiger partial charge in [0.1, 0.15) is 28.3 Å². The lowest BCUT2D eigenvalue weighted by molar-refractivity contribution is 1.13. The number of hydrogen-bond donors (Lipinski definition) is 1. The molecule has 0 spiro atoms. The van der Waals surface area contributed by atoms with Crippen LogP contribution in [0.25, 0.3) is 11.0 Å². The molecule has 0 atom stereocenters. The Bertz CT molecular complexity index is 758. The minimum absolute atomic E-state index is 0.400. The second-order valence-electron chi connectivity index (χ2n) is 3.82. The highest BCUT2D eigenvalue weighted by Gasteiger charge is 2.13. The molecule has 0 bridgehead atoms. The summed E-state index contributed by atoms with van der Waals surface area (Å²) >= 11 is 13.3. The Morgan fingerprint density at radius 2 is 2.00 bits per heavy atom. The minimum Gasteiger partial charge on any atom is -0.337 e. The summed E-state index contributed by atoms with van der Waals surface area (Å²) in [4.78, 5) is 8.07. The molecule has 5 nitrogen and oxygen atoms in total. The molecule has 2 heterocycles. The van der Waals surface area contributed by atoms with Crippen molar-refractivity contribution in [1.82, 2.24) is 18.7 Å².